The summed E-state index contributed by atoms with van der Waals surface area (Å²) in [6, 6.07) is 8.98. The van der Waals surface area contributed by atoms with Crippen LogP contribution < -0.4 is 4.74 Å². The Morgan fingerprint density at radius 2 is 2.00 bits per heavy atom. The summed E-state index contributed by atoms with van der Waals surface area (Å²) in [6.45, 7) is 7.47. The lowest BCUT2D eigenvalue weighted by atomic mass is 10.0. The van der Waals surface area contributed by atoms with Gasteiger partial charge < -0.3 is 4.74 Å². The van der Waals surface area contributed by atoms with Crippen LogP contribution in [0, 0.1) is 0 Å². The van der Waals surface area contributed by atoms with E-state index in [9.17, 15) is 0 Å². The molecule has 0 amide bonds. The van der Waals surface area contributed by atoms with E-state index in [0.29, 0.717) is 5.92 Å². The fraction of sp³-hybridized carbons (Fsp3) is 0.368. The Morgan fingerprint density at radius 3 is 2.76 bits per heavy atom. The third-order valence-electron chi connectivity index (χ3n) is 3.98. The van der Waals surface area contributed by atoms with Gasteiger partial charge in [-0.1, -0.05) is 39.3 Å². The van der Waals surface area contributed by atoms with Crippen LogP contribution >= 0.6 is 11.3 Å². The first-order chi connectivity index (χ1) is 10.2. The first-order valence-corrected chi connectivity index (χ1v) is 8.70. The lowest BCUT2D eigenvalue weighted by molar-refractivity contribution is 0.311. The van der Waals surface area contributed by atoms with Crippen molar-refractivity contribution in [3.05, 3.63) is 40.6 Å². The van der Waals surface area contributed by atoms with Crippen LogP contribution in [-0.2, 0) is 0 Å². The second-order valence-electron chi connectivity index (χ2n) is 5.91. The number of ether oxygens (including phenoxy) is 1. The molecular formula is C19H22OS. The van der Waals surface area contributed by atoms with Crippen molar-refractivity contribution in [2.45, 2.75) is 39.5 Å². The minimum absolute atomic E-state index is 0.524. The first-order valence-electron chi connectivity index (χ1n) is 7.76. The molecule has 0 bridgehead atoms. The molecule has 2 aliphatic rings. The highest BCUT2D eigenvalue weighted by Crippen LogP contribution is 2.42. The second kappa shape index (κ2) is 6.07. The van der Waals surface area contributed by atoms with Gasteiger partial charge in [-0.25, -0.2) is 0 Å². The van der Waals surface area contributed by atoms with Crippen molar-refractivity contribution >= 4 is 22.1 Å². The van der Waals surface area contributed by atoms with Gasteiger partial charge in [-0.2, -0.15) is 11.3 Å². The molecule has 0 fully saturated rings. The Balaban J connectivity index is 2.14. The second-order valence-corrected chi connectivity index (χ2v) is 6.66. The quantitative estimate of drug-likeness (QED) is 0.502. The van der Waals surface area contributed by atoms with Gasteiger partial charge in [-0.3, -0.25) is 0 Å². The number of hydrogen-bond acceptors (Lipinski definition) is 2. The Labute approximate surface area is 130 Å². The van der Waals surface area contributed by atoms with Gasteiger partial charge >= 0.3 is 0 Å². The number of thiophene rings is 1. The molecule has 0 unspecified atom stereocenters. The average Bonchev–Trinajstić information content (AvgIpc) is 2.97. The van der Waals surface area contributed by atoms with Gasteiger partial charge in [-0.05, 0) is 51.7 Å². The summed E-state index contributed by atoms with van der Waals surface area (Å²) in [7, 11) is 0. The van der Waals surface area contributed by atoms with Crippen LogP contribution in [0.1, 0.15) is 45.1 Å². The Kier molecular flexibility index (Phi) is 4.16. The van der Waals surface area contributed by atoms with Crippen LogP contribution in [-0.4, -0.2) is 6.61 Å². The van der Waals surface area contributed by atoms with Gasteiger partial charge in [-0.15, -0.1) is 0 Å². The number of rotatable bonds is 5. The van der Waals surface area contributed by atoms with Crippen molar-refractivity contribution in [1.82, 2.24) is 0 Å². The van der Waals surface area contributed by atoms with E-state index in [4.69, 9.17) is 4.74 Å². The topological polar surface area (TPSA) is 9.23 Å². The van der Waals surface area contributed by atoms with Crippen LogP contribution in [0.2, 0.25) is 0 Å². The summed E-state index contributed by atoms with van der Waals surface area (Å²) in [6.07, 6.45) is 2.26. The van der Waals surface area contributed by atoms with Crippen LogP contribution in [0.4, 0.5) is 0 Å². The highest BCUT2D eigenvalue weighted by atomic mass is 32.1. The number of fused-ring (bicyclic) bond motifs is 3. The lowest BCUT2D eigenvalue weighted by Gasteiger charge is -2.07. The Morgan fingerprint density at radius 1 is 1.14 bits per heavy atom. The van der Waals surface area contributed by atoms with Crippen LogP contribution in [0.15, 0.2) is 35.0 Å². The molecule has 0 aromatic carbocycles. The van der Waals surface area contributed by atoms with Crippen molar-refractivity contribution in [3.63, 3.8) is 0 Å². The largest absolute Gasteiger partial charge is 0.493 e. The molecule has 110 valence electrons. The average molecular weight is 298 g/mol. The molecule has 0 saturated heterocycles. The summed E-state index contributed by atoms with van der Waals surface area (Å²) >= 11 is 1.76. The molecule has 2 heteroatoms. The molecule has 0 aliphatic heterocycles. The molecule has 1 aromatic heterocycles. The molecular weight excluding hydrogens is 276 g/mol. The molecule has 0 N–H and O–H groups in total. The van der Waals surface area contributed by atoms with E-state index in [0.717, 1.165) is 25.2 Å². The fourth-order valence-corrected chi connectivity index (χ4v) is 3.49. The van der Waals surface area contributed by atoms with E-state index >= 15 is 0 Å². The predicted octanol–water partition coefficient (Wildman–Crippen LogP) is 6.31. The molecule has 0 radical (unpaired) electrons. The maximum absolute atomic E-state index is 6.09. The van der Waals surface area contributed by atoms with Crippen LogP contribution in [0.25, 0.3) is 21.9 Å². The van der Waals surface area contributed by atoms with E-state index < -0.39 is 0 Å². The minimum Gasteiger partial charge on any atom is -0.493 e. The van der Waals surface area contributed by atoms with E-state index in [2.05, 4.69) is 55.8 Å². The molecule has 1 aromatic rings. The van der Waals surface area contributed by atoms with Gasteiger partial charge in [0.15, 0.2) is 0 Å². The third-order valence-corrected chi connectivity index (χ3v) is 4.74. The Hall–Kier alpha value is -1.54. The third kappa shape index (κ3) is 2.77. The van der Waals surface area contributed by atoms with E-state index in [1.807, 2.05) is 0 Å². The summed E-state index contributed by atoms with van der Waals surface area (Å²) in [5, 5.41) is 7.11. The fourth-order valence-electron chi connectivity index (χ4n) is 2.69. The molecule has 1 nitrogen and oxygen atoms in total. The highest BCUT2D eigenvalue weighted by Gasteiger charge is 2.16. The Bertz CT molecular complexity index is 711. The zero-order chi connectivity index (χ0) is 14.8. The van der Waals surface area contributed by atoms with Gasteiger partial charge in [0.25, 0.3) is 0 Å². The standard InChI is InChI=1S/C19H22OS/c1-4-5-8-20-18-7-6-14(13(2)3)9-15-10-16-11-21-12-17(16)19(15)18/h6-7,9-13H,4-5,8H2,1-3H3. The summed E-state index contributed by atoms with van der Waals surface area (Å²) in [5.74, 6) is 1.55. The zero-order valence-electron chi connectivity index (χ0n) is 13.0. The molecule has 3 rings (SSSR count). The molecule has 0 atom stereocenters. The van der Waals surface area contributed by atoms with E-state index in [1.165, 1.54) is 27.5 Å². The molecule has 0 spiro atoms. The smallest absolute Gasteiger partial charge is 0.127 e. The van der Waals surface area contributed by atoms with Crippen molar-refractivity contribution in [2.75, 3.05) is 6.61 Å². The van der Waals surface area contributed by atoms with Crippen molar-refractivity contribution in [3.8, 4) is 16.9 Å². The van der Waals surface area contributed by atoms with Crippen molar-refractivity contribution < 1.29 is 4.74 Å². The molecule has 1 heterocycles. The maximum atomic E-state index is 6.09. The highest BCUT2D eigenvalue weighted by molar-refractivity contribution is 7.09. The molecule has 0 saturated carbocycles. The van der Waals surface area contributed by atoms with Crippen molar-refractivity contribution in [1.29, 1.82) is 0 Å². The van der Waals surface area contributed by atoms with E-state index in [-0.39, 0.29) is 0 Å². The summed E-state index contributed by atoms with van der Waals surface area (Å²) in [5.41, 5.74) is 3.93. The maximum Gasteiger partial charge on any atom is 0.127 e. The number of hydrogen-bond donors (Lipinski definition) is 0. The number of unbranched alkanes of at least 4 members (excludes halogenated alkanes) is 1. The summed E-state index contributed by atoms with van der Waals surface area (Å²) in [4.78, 5) is 0. The van der Waals surface area contributed by atoms with Crippen molar-refractivity contribution in [2.24, 2.45) is 0 Å². The lowest BCUT2D eigenvalue weighted by Crippen LogP contribution is -1.96. The molecule has 21 heavy (non-hydrogen) atoms. The van der Waals surface area contributed by atoms with Gasteiger partial charge in [0.1, 0.15) is 5.75 Å². The zero-order valence-corrected chi connectivity index (χ0v) is 13.8. The van der Waals surface area contributed by atoms with Gasteiger partial charge in [0, 0.05) is 10.9 Å². The molecule has 2 aliphatic carbocycles. The minimum atomic E-state index is 0.524. The van der Waals surface area contributed by atoms with Crippen LogP contribution in [0.5, 0.6) is 5.75 Å². The van der Waals surface area contributed by atoms with Crippen LogP contribution in [0.3, 0.4) is 0 Å². The first kappa shape index (κ1) is 14.4. The van der Waals surface area contributed by atoms with Gasteiger partial charge in [0.05, 0.1) is 6.61 Å². The predicted molar refractivity (Wildman–Crippen MR) is 92.9 cm³/mol. The van der Waals surface area contributed by atoms with E-state index in [1.54, 1.807) is 11.3 Å². The van der Waals surface area contributed by atoms with Gasteiger partial charge in [0.2, 0.25) is 0 Å². The normalized spacial score (nSPS) is 11.6. The summed E-state index contributed by atoms with van der Waals surface area (Å²) < 4.78 is 6.09. The monoisotopic (exact) mass is 298 g/mol. The SMILES string of the molecule is CCCCOc1ccc(C(C)C)cc2cc3cscc3c1-2.